The molecule has 0 amide bonds. The van der Waals surface area contributed by atoms with E-state index in [0.717, 1.165) is 35.1 Å². The van der Waals surface area contributed by atoms with Crippen molar-refractivity contribution in [3.05, 3.63) is 102 Å². The highest BCUT2D eigenvalue weighted by Gasteiger charge is 2.21. The molecule has 0 atom stereocenters. The molecular formula is C29H29N7O2. The number of aryl methyl sites for hydroxylation is 2. The van der Waals surface area contributed by atoms with E-state index >= 15 is 0 Å². The molecule has 0 aliphatic rings. The molecule has 38 heavy (non-hydrogen) atoms. The van der Waals surface area contributed by atoms with E-state index in [9.17, 15) is 9.90 Å². The number of nitrogens with one attached hydrogen (secondary N) is 1. The summed E-state index contributed by atoms with van der Waals surface area (Å²) in [4.78, 5) is 14.2. The number of aromatic amines is 1. The summed E-state index contributed by atoms with van der Waals surface area (Å²) in [6.45, 7) is 3.94. The molecule has 0 saturated heterocycles. The fourth-order valence-corrected chi connectivity index (χ4v) is 4.54. The minimum absolute atomic E-state index is 0.220. The summed E-state index contributed by atoms with van der Waals surface area (Å²) >= 11 is 0. The van der Waals surface area contributed by atoms with Crippen molar-refractivity contribution in [2.75, 3.05) is 11.4 Å². The van der Waals surface area contributed by atoms with Crippen LogP contribution in [0.15, 0.2) is 85.1 Å². The number of nitrogens with zero attached hydrogens (tertiary/aromatic N) is 6. The summed E-state index contributed by atoms with van der Waals surface area (Å²) in [7, 11) is 0. The highest BCUT2D eigenvalue weighted by Crippen LogP contribution is 2.30. The number of carboxylic acids is 1. The molecule has 0 saturated carbocycles. The van der Waals surface area contributed by atoms with E-state index in [4.69, 9.17) is 5.10 Å². The lowest BCUT2D eigenvalue weighted by atomic mass is 9.98. The molecule has 2 heterocycles. The predicted octanol–water partition coefficient (Wildman–Crippen LogP) is 5.09. The van der Waals surface area contributed by atoms with Crippen molar-refractivity contribution in [1.82, 2.24) is 30.4 Å². The van der Waals surface area contributed by atoms with Gasteiger partial charge in [0.2, 0.25) is 5.82 Å². The number of anilines is 1. The average molecular weight is 508 g/mol. The Balaban J connectivity index is 1.37. The molecule has 5 rings (SSSR count). The fraction of sp³-hybridized carbons (Fsp3) is 0.207. The number of rotatable bonds is 11. The van der Waals surface area contributed by atoms with Crippen LogP contribution < -0.4 is 4.90 Å². The van der Waals surface area contributed by atoms with Crippen LogP contribution in [0, 0.1) is 0 Å². The van der Waals surface area contributed by atoms with E-state index in [0.29, 0.717) is 31.3 Å². The van der Waals surface area contributed by atoms with Gasteiger partial charge in [-0.15, -0.1) is 10.2 Å². The third-order valence-electron chi connectivity index (χ3n) is 6.39. The fourth-order valence-electron chi connectivity index (χ4n) is 4.54. The molecule has 0 radical (unpaired) electrons. The number of benzene rings is 3. The molecule has 3 aromatic carbocycles. The summed E-state index contributed by atoms with van der Waals surface area (Å²) in [6.07, 6.45) is 3.29. The van der Waals surface area contributed by atoms with Gasteiger partial charge in [-0.05, 0) is 40.3 Å². The second-order valence-corrected chi connectivity index (χ2v) is 9.07. The monoisotopic (exact) mass is 507 g/mol. The van der Waals surface area contributed by atoms with Crippen molar-refractivity contribution in [1.29, 1.82) is 0 Å². The second-order valence-electron chi connectivity index (χ2n) is 9.07. The normalized spacial score (nSPS) is 11.0. The second kappa shape index (κ2) is 11.5. The molecule has 0 fully saturated rings. The van der Waals surface area contributed by atoms with Gasteiger partial charge in [-0.1, -0.05) is 85.8 Å². The van der Waals surface area contributed by atoms with Crippen LogP contribution in [0.1, 0.15) is 34.8 Å². The molecule has 9 heteroatoms. The van der Waals surface area contributed by atoms with Gasteiger partial charge in [0, 0.05) is 31.4 Å². The van der Waals surface area contributed by atoms with E-state index in [-0.39, 0.29) is 5.56 Å². The van der Waals surface area contributed by atoms with Gasteiger partial charge in [0.15, 0.2) is 5.82 Å². The Morgan fingerprint density at radius 3 is 2.37 bits per heavy atom. The van der Waals surface area contributed by atoms with Crippen LogP contribution in [0.5, 0.6) is 0 Å². The molecule has 0 aliphatic heterocycles. The Morgan fingerprint density at radius 1 is 0.947 bits per heavy atom. The Morgan fingerprint density at radius 2 is 1.68 bits per heavy atom. The van der Waals surface area contributed by atoms with E-state index < -0.39 is 5.97 Å². The number of hydrogen-bond acceptors (Lipinski definition) is 6. The van der Waals surface area contributed by atoms with Crippen molar-refractivity contribution >= 4 is 11.8 Å². The quantitative estimate of drug-likeness (QED) is 0.256. The van der Waals surface area contributed by atoms with E-state index in [1.54, 1.807) is 10.9 Å². The lowest BCUT2D eigenvalue weighted by Crippen LogP contribution is -2.25. The van der Waals surface area contributed by atoms with Gasteiger partial charge in [-0.2, -0.15) is 10.3 Å². The van der Waals surface area contributed by atoms with Crippen molar-refractivity contribution in [3.8, 4) is 22.5 Å². The standard InChI is InChI=1S/C29H29N7O2/c1-2-17-35(28-26(29(37)38)20-36(32-28)18-16-21-8-4-3-5-9-21)19-22-12-14-23(15-13-22)24-10-6-7-11-25(24)27-30-33-34-31-27/h3-15,20H,2,16-19H2,1H3,(H,37,38)(H,30,31,33,34). The summed E-state index contributed by atoms with van der Waals surface area (Å²) in [5.41, 5.74) is 5.41. The molecule has 192 valence electrons. The summed E-state index contributed by atoms with van der Waals surface area (Å²) in [5, 5.41) is 29.1. The minimum atomic E-state index is -0.972. The average Bonchev–Trinajstić information content (AvgIpc) is 3.64. The van der Waals surface area contributed by atoms with E-state index in [1.165, 1.54) is 5.56 Å². The summed E-state index contributed by atoms with van der Waals surface area (Å²) in [6, 6.07) is 26.3. The van der Waals surface area contributed by atoms with Gasteiger partial charge >= 0.3 is 5.97 Å². The molecule has 5 aromatic rings. The van der Waals surface area contributed by atoms with Gasteiger partial charge in [-0.25, -0.2) is 4.79 Å². The zero-order valence-electron chi connectivity index (χ0n) is 21.2. The van der Waals surface area contributed by atoms with Gasteiger partial charge in [-0.3, -0.25) is 4.68 Å². The largest absolute Gasteiger partial charge is 0.477 e. The zero-order valence-corrected chi connectivity index (χ0v) is 21.2. The van der Waals surface area contributed by atoms with Gasteiger partial charge in [0.05, 0.1) is 0 Å². The first-order chi connectivity index (χ1) is 18.6. The Kier molecular flexibility index (Phi) is 7.54. The summed E-state index contributed by atoms with van der Waals surface area (Å²) < 4.78 is 1.74. The van der Waals surface area contributed by atoms with Gasteiger partial charge < -0.3 is 10.0 Å². The van der Waals surface area contributed by atoms with Crippen molar-refractivity contribution < 1.29 is 9.90 Å². The lowest BCUT2D eigenvalue weighted by molar-refractivity contribution is 0.0697. The number of aromatic carboxylic acids is 1. The van der Waals surface area contributed by atoms with Crippen LogP contribution in [-0.2, 0) is 19.5 Å². The molecule has 0 unspecified atom stereocenters. The molecule has 2 N–H and O–H groups in total. The van der Waals surface area contributed by atoms with Crippen LogP contribution in [0.25, 0.3) is 22.5 Å². The molecule has 2 aromatic heterocycles. The van der Waals surface area contributed by atoms with Crippen LogP contribution in [-0.4, -0.2) is 48.0 Å². The Hall–Kier alpha value is -4.79. The number of tetrazole rings is 1. The number of carboxylic acid groups (broad SMARTS) is 1. The van der Waals surface area contributed by atoms with Crippen molar-refractivity contribution in [2.24, 2.45) is 0 Å². The predicted molar refractivity (Wildman–Crippen MR) is 146 cm³/mol. The SMILES string of the molecule is CCCN(Cc1ccc(-c2ccccc2-c2nn[nH]n2)cc1)c1nn(CCc2ccccc2)cc1C(=O)O. The third-order valence-corrected chi connectivity index (χ3v) is 6.39. The van der Waals surface area contributed by atoms with Crippen LogP contribution in [0.2, 0.25) is 0 Å². The molecule has 0 aliphatic carbocycles. The minimum Gasteiger partial charge on any atom is -0.477 e. The molecule has 9 nitrogen and oxygen atoms in total. The van der Waals surface area contributed by atoms with Gasteiger partial charge in [0.1, 0.15) is 5.56 Å². The smallest absolute Gasteiger partial charge is 0.341 e. The Bertz CT molecular complexity index is 1480. The van der Waals surface area contributed by atoms with Crippen molar-refractivity contribution in [3.63, 3.8) is 0 Å². The van der Waals surface area contributed by atoms with E-state index in [2.05, 4.69) is 63.9 Å². The Labute approximate surface area is 220 Å². The molecule has 0 bridgehead atoms. The molecular weight excluding hydrogens is 478 g/mol. The van der Waals surface area contributed by atoms with Crippen LogP contribution in [0.3, 0.4) is 0 Å². The first kappa shape index (κ1) is 24.9. The van der Waals surface area contributed by atoms with Crippen LogP contribution in [0.4, 0.5) is 5.82 Å². The number of hydrogen-bond donors (Lipinski definition) is 2. The lowest BCUT2D eigenvalue weighted by Gasteiger charge is -2.23. The topological polar surface area (TPSA) is 113 Å². The number of H-pyrrole nitrogens is 1. The highest BCUT2D eigenvalue weighted by molar-refractivity contribution is 5.93. The molecule has 0 spiro atoms. The summed E-state index contributed by atoms with van der Waals surface area (Å²) in [5.74, 6) is 0.0715. The van der Waals surface area contributed by atoms with E-state index in [1.807, 2.05) is 47.4 Å². The first-order valence-electron chi connectivity index (χ1n) is 12.6. The zero-order chi connectivity index (χ0) is 26.3. The number of carbonyl (C=O) groups is 1. The van der Waals surface area contributed by atoms with Gasteiger partial charge in [0.25, 0.3) is 0 Å². The highest BCUT2D eigenvalue weighted by atomic mass is 16.4. The third kappa shape index (κ3) is 5.62. The maximum absolute atomic E-state index is 12.1. The first-order valence-corrected chi connectivity index (χ1v) is 12.6. The maximum atomic E-state index is 12.1. The van der Waals surface area contributed by atoms with Crippen LogP contribution >= 0.6 is 0 Å². The van der Waals surface area contributed by atoms with Crippen molar-refractivity contribution in [2.45, 2.75) is 32.9 Å². The number of aromatic nitrogens is 6. The maximum Gasteiger partial charge on any atom is 0.341 e.